The molecule has 36 heavy (non-hydrogen) atoms. The Morgan fingerprint density at radius 2 is 1.75 bits per heavy atom. The third-order valence-corrected chi connectivity index (χ3v) is 7.03. The number of aromatic nitrogens is 3. The molecule has 2 N–H and O–H groups in total. The van der Waals surface area contributed by atoms with E-state index < -0.39 is 23.1 Å². The highest BCUT2D eigenvalue weighted by atomic mass is 19.4. The van der Waals surface area contributed by atoms with Gasteiger partial charge in [-0.15, -0.1) is 0 Å². The van der Waals surface area contributed by atoms with Gasteiger partial charge in [0.25, 0.3) is 5.56 Å². The van der Waals surface area contributed by atoms with Crippen molar-refractivity contribution in [1.29, 1.82) is 0 Å². The van der Waals surface area contributed by atoms with E-state index in [2.05, 4.69) is 15.0 Å². The van der Waals surface area contributed by atoms with Crippen LogP contribution < -0.4 is 16.1 Å². The van der Waals surface area contributed by atoms with Crippen molar-refractivity contribution in [3.63, 3.8) is 0 Å². The molecule has 2 aliphatic rings. The number of hydrogen-bond acceptors (Lipinski definition) is 4. The van der Waals surface area contributed by atoms with Crippen LogP contribution in [0, 0.1) is 0 Å². The summed E-state index contributed by atoms with van der Waals surface area (Å²) in [6.07, 6.45) is 1.61. The average molecular weight is 497 g/mol. The minimum atomic E-state index is -4.50. The number of anilines is 1. The van der Waals surface area contributed by atoms with Crippen LogP contribution in [0.4, 0.5) is 19.0 Å². The van der Waals surface area contributed by atoms with Gasteiger partial charge in [-0.05, 0) is 55.4 Å². The van der Waals surface area contributed by atoms with Gasteiger partial charge >= 0.3 is 11.9 Å². The Labute approximate surface area is 205 Å². The molecule has 1 aliphatic carbocycles. The van der Waals surface area contributed by atoms with Crippen molar-refractivity contribution < 1.29 is 13.2 Å². The monoisotopic (exact) mass is 496 g/mol. The van der Waals surface area contributed by atoms with Crippen LogP contribution in [-0.4, -0.2) is 28.0 Å². The standard InChI is InChI=1S/C27H27F3N4O2/c28-27(29,30)22-13-12-20(24(31-22)34-14-4-5-15-34)18-8-10-19(11-9-18)23-21(25(35)33-26(36)32-23)16-17-6-2-1-3-7-17/h1-3,6-8,12-13,19H,4-5,9-11,14-16H2,(H2,32,33,35,36). The topological polar surface area (TPSA) is 81.8 Å². The highest BCUT2D eigenvalue weighted by Crippen LogP contribution is 2.40. The van der Waals surface area contributed by atoms with Gasteiger partial charge in [-0.1, -0.05) is 36.4 Å². The van der Waals surface area contributed by atoms with Gasteiger partial charge in [-0.25, -0.2) is 9.78 Å². The number of rotatable bonds is 5. The van der Waals surface area contributed by atoms with Gasteiger partial charge in [0.15, 0.2) is 0 Å². The minimum absolute atomic E-state index is 0.0693. The molecule has 0 amide bonds. The molecule has 0 bridgehead atoms. The van der Waals surface area contributed by atoms with Crippen LogP contribution in [0.5, 0.6) is 0 Å². The number of halogens is 3. The van der Waals surface area contributed by atoms with Gasteiger partial charge in [0.05, 0.1) is 0 Å². The normalized spacial score (nSPS) is 18.4. The van der Waals surface area contributed by atoms with Crippen molar-refractivity contribution in [1.82, 2.24) is 15.0 Å². The van der Waals surface area contributed by atoms with E-state index in [0.29, 0.717) is 55.8 Å². The molecule has 1 aromatic carbocycles. The van der Waals surface area contributed by atoms with Gasteiger partial charge in [-0.3, -0.25) is 9.78 Å². The number of aromatic amines is 2. The molecular formula is C27H27F3N4O2. The summed E-state index contributed by atoms with van der Waals surface area (Å²) in [4.78, 5) is 36.0. The Bertz CT molecular complexity index is 1390. The van der Waals surface area contributed by atoms with Gasteiger partial charge in [0, 0.05) is 42.2 Å². The van der Waals surface area contributed by atoms with Crippen molar-refractivity contribution in [2.75, 3.05) is 18.0 Å². The molecule has 6 nitrogen and oxygen atoms in total. The summed E-state index contributed by atoms with van der Waals surface area (Å²) in [5.41, 5.74) is 2.01. The van der Waals surface area contributed by atoms with E-state index in [9.17, 15) is 22.8 Å². The molecule has 0 radical (unpaired) electrons. The smallest absolute Gasteiger partial charge is 0.356 e. The maximum Gasteiger partial charge on any atom is 0.433 e. The maximum absolute atomic E-state index is 13.4. The minimum Gasteiger partial charge on any atom is -0.356 e. The zero-order valence-electron chi connectivity index (χ0n) is 19.7. The molecule has 3 heterocycles. The zero-order chi connectivity index (χ0) is 25.3. The van der Waals surface area contributed by atoms with Crippen molar-refractivity contribution in [3.8, 4) is 0 Å². The van der Waals surface area contributed by atoms with E-state index >= 15 is 0 Å². The molecule has 1 atom stereocenters. The number of nitrogens with zero attached hydrogens (tertiary/aromatic N) is 2. The van der Waals surface area contributed by atoms with E-state index in [1.807, 2.05) is 41.3 Å². The van der Waals surface area contributed by atoms with E-state index in [-0.39, 0.29) is 5.92 Å². The summed E-state index contributed by atoms with van der Waals surface area (Å²) < 4.78 is 40.1. The summed E-state index contributed by atoms with van der Waals surface area (Å²) in [6.45, 7) is 1.38. The first-order valence-electron chi connectivity index (χ1n) is 12.2. The van der Waals surface area contributed by atoms with E-state index in [1.165, 1.54) is 6.07 Å². The highest BCUT2D eigenvalue weighted by Gasteiger charge is 2.34. The molecule has 0 spiro atoms. The quantitative estimate of drug-likeness (QED) is 0.520. The first kappa shape index (κ1) is 24.1. The summed E-state index contributed by atoms with van der Waals surface area (Å²) in [6, 6.07) is 12.2. The lowest BCUT2D eigenvalue weighted by molar-refractivity contribution is -0.141. The molecular weight excluding hydrogens is 469 g/mol. The molecule has 1 unspecified atom stereocenters. The third kappa shape index (κ3) is 5.01. The van der Waals surface area contributed by atoms with E-state index in [1.54, 1.807) is 0 Å². The van der Waals surface area contributed by atoms with Crippen LogP contribution >= 0.6 is 0 Å². The number of pyridine rings is 1. The fourth-order valence-corrected chi connectivity index (χ4v) is 5.22. The average Bonchev–Trinajstić information content (AvgIpc) is 3.40. The molecule has 9 heteroatoms. The van der Waals surface area contributed by atoms with Crippen LogP contribution in [0.25, 0.3) is 5.57 Å². The van der Waals surface area contributed by atoms with Gasteiger partial charge in [-0.2, -0.15) is 13.2 Å². The number of nitrogens with one attached hydrogen (secondary N) is 2. The lowest BCUT2D eigenvalue weighted by Crippen LogP contribution is -2.30. The molecule has 1 fully saturated rings. The number of hydrogen-bond donors (Lipinski definition) is 2. The Balaban J connectivity index is 1.46. The Morgan fingerprint density at radius 1 is 1.00 bits per heavy atom. The summed E-state index contributed by atoms with van der Waals surface area (Å²) in [5, 5.41) is 0. The predicted molar refractivity (Wildman–Crippen MR) is 132 cm³/mol. The highest BCUT2D eigenvalue weighted by molar-refractivity contribution is 5.76. The fourth-order valence-electron chi connectivity index (χ4n) is 5.22. The number of benzene rings is 1. The first-order valence-corrected chi connectivity index (χ1v) is 12.2. The van der Waals surface area contributed by atoms with E-state index in [4.69, 9.17) is 0 Å². The van der Waals surface area contributed by atoms with Crippen LogP contribution in [0.2, 0.25) is 0 Å². The number of allylic oxidation sites excluding steroid dienone is 2. The fraction of sp³-hybridized carbons (Fsp3) is 0.370. The second-order valence-corrected chi connectivity index (χ2v) is 9.42. The zero-order valence-corrected chi connectivity index (χ0v) is 19.7. The van der Waals surface area contributed by atoms with Gasteiger partial charge in [0.1, 0.15) is 11.5 Å². The van der Waals surface area contributed by atoms with Crippen molar-refractivity contribution in [2.24, 2.45) is 0 Å². The molecule has 1 saturated heterocycles. The second kappa shape index (κ2) is 9.79. The van der Waals surface area contributed by atoms with Gasteiger partial charge in [0.2, 0.25) is 0 Å². The SMILES string of the molecule is O=c1[nH]c(C2CC=C(c3ccc(C(F)(F)F)nc3N3CCCC3)CC2)c(Cc2ccccc2)c(=O)[nH]1. The molecule has 1 aliphatic heterocycles. The molecule has 3 aromatic rings. The Hall–Kier alpha value is -3.62. The summed E-state index contributed by atoms with van der Waals surface area (Å²) in [5.74, 6) is 0.321. The summed E-state index contributed by atoms with van der Waals surface area (Å²) in [7, 11) is 0. The first-order chi connectivity index (χ1) is 17.3. The lowest BCUT2D eigenvalue weighted by Gasteiger charge is -2.27. The molecule has 2 aromatic heterocycles. The third-order valence-electron chi connectivity index (χ3n) is 7.03. The number of H-pyrrole nitrogens is 2. The largest absolute Gasteiger partial charge is 0.433 e. The van der Waals surface area contributed by atoms with Crippen LogP contribution in [0.3, 0.4) is 0 Å². The van der Waals surface area contributed by atoms with Crippen molar-refractivity contribution in [2.45, 2.75) is 50.6 Å². The Kier molecular flexibility index (Phi) is 6.55. The van der Waals surface area contributed by atoms with E-state index in [0.717, 1.165) is 35.6 Å². The Morgan fingerprint density at radius 3 is 2.42 bits per heavy atom. The van der Waals surface area contributed by atoms with Crippen molar-refractivity contribution in [3.05, 3.63) is 97.5 Å². The van der Waals surface area contributed by atoms with Crippen LogP contribution in [0.1, 0.15) is 66.1 Å². The molecule has 5 rings (SSSR count). The van der Waals surface area contributed by atoms with Crippen LogP contribution in [0.15, 0.2) is 58.1 Å². The molecule has 0 saturated carbocycles. The van der Waals surface area contributed by atoms with Gasteiger partial charge < -0.3 is 9.88 Å². The predicted octanol–water partition coefficient (Wildman–Crippen LogP) is 5.02. The lowest BCUT2D eigenvalue weighted by atomic mass is 9.83. The molecule has 188 valence electrons. The van der Waals surface area contributed by atoms with Crippen molar-refractivity contribution >= 4 is 11.4 Å². The van der Waals surface area contributed by atoms with Crippen LogP contribution in [-0.2, 0) is 12.6 Å². The number of alkyl halides is 3. The summed E-state index contributed by atoms with van der Waals surface area (Å²) >= 11 is 0. The second-order valence-electron chi connectivity index (χ2n) is 9.42. The maximum atomic E-state index is 13.4.